The summed E-state index contributed by atoms with van der Waals surface area (Å²) in [6.07, 6.45) is 4.20. The molecule has 2 unspecified atom stereocenters. The van der Waals surface area contributed by atoms with Gasteiger partial charge in [-0.3, -0.25) is 0 Å². The third kappa shape index (κ3) is 9.23. The van der Waals surface area contributed by atoms with Crippen LogP contribution >= 0.6 is 0 Å². The minimum atomic E-state index is -0.814. The number of carboxylic acid groups (broad SMARTS) is 1. The molecule has 2 atom stereocenters. The first-order valence-electron chi connectivity index (χ1n) is 7.99. The van der Waals surface area contributed by atoms with E-state index in [-0.39, 0.29) is 6.04 Å². The van der Waals surface area contributed by atoms with Crippen LogP contribution in [0.15, 0.2) is 4.99 Å². The van der Waals surface area contributed by atoms with Gasteiger partial charge in [-0.25, -0.2) is 0 Å². The second-order valence-electron chi connectivity index (χ2n) is 5.77. The van der Waals surface area contributed by atoms with Crippen LogP contribution in [0.5, 0.6) is 0 Å². The van der Waals surface area contributed by atoms with Gasteiger partial charge in [-0.15, -0.1) is 0 Å². The summed E-state index contributed by atoms with van der Waals surface area (Å²) in [5.74, 6) is -0.295. The number of hydrogen-bond acceptors (Lipinski definition) is 5. The van der Waals surface area contributed by atoms with Crippen molar-refractivity contribution in [3.8, 4) is 0 Å². The molecule has 0 aromatic heterocycles. The van der Waals surface area contributed by atoms with Crippen LogP contribution in [-0.2, 0) is 9.50 Å². The van der Waals surface area contributed by atoms with Gasteiger partial charge < -0.3 is 0 Å². The van der Waals surface area contributed by atoms with Gasteiger partial charge in [-0.1, -0.05) is 0 Å². The molecule has 0 saturated heterocycles. The van der Waals surface area contributed by atoms with Crippen molar-refractivity contribution in [3.05, 3.63) is 0 Å². The van der Waals surface area contributed by atoms with Gasteiger partial charge in [0.15, 0.2) is 0 Å². The van der Waals surface area contributed by atoms with E-state index < -0.39 is 12.0 Å². The first-order chi connectivity index (χ1) is 10.8. The number of carbonyl (C=O) groups is 1. The average Bonchev–Trinajstić information content (AvgIpc) is 2.49. The van der Waals surface area contributed by atoms with E-state index in [4.69, 9.17) is 10.5 Å². The summed E-state index contributed by atoms with van der Waals surface area (Å²) >= 11 is 0. The van der Waals surface area contributed by atoms with Crippen molar-refractivity contribution in [2.45, 2.75) is 51.6 Å². The fourth-order valence-electron chi connectivity index (χ4n) is 2.37. The normalized spacial score (nSPS) is 13.8. The molecule has 0 aliphatic rings. The molecule has 0 saturated carbocycles. The maximum atomic E-state index is 11.2. The van der Waals surface area contributed by atoms with E-state index in [2.05, 4.69) is 4.99 Å². The first kappa shape index (κ1) is 21.4. The van der Waals surface area contributed by atoms with Crippen molar-refractivity contribution in [2.24, 2.45) is 4.99 Å². The molecule has 0 aromatic rings. The molecule has 2 N–H and O–H groups in total. The van der Waals surface area contributed by atoms with Gasteiger partial charge in [0.05, 0.1) is 0 Å². The minimum absolute atomic E-state index is 0.00612. The summed E-state index contributed by atoms with van der Waals surface area (Å²) in [5.41, 5.74) is 0. The van der Waals surface area contributed by atoms with Gasteiger partial charge in [0.1, 0.15) is 0 Å². The predicted molar refractivity (Wildman–Crippen MR) is 92.9 cm³/mol. The van der Waals surface area contributed by atoms with Crippen LogP contribution in [0.3, 0.4) is 0 Å². The molecule has 0 amide bonds. The van der Waals surface area contributed by atoms with Gasteiger partial charge in [0.2, 0.25) is 0 Å². The summed E-state index contributed by atoms with van der Waals surface area (Å²) in [6, 6.07) is -0.495. The number of hydrogen-bond donors (Lipinski definition) is 2. The molecule has 23 heavy (non-hydrogen) atoms. The molecule has 0 bridgehead atoms. The van der Waals surface area contributed by atoms with Gasteiger partial charge in [-0.2, -0.15) is 0 Å². The van der Waals surface area contributed by atoms with Crippen LogP contribution in [0.4, 0.5) is 0 Å². The Morgan fingerprint density at radius 2 is 2.00 bits per heavy atom. The quantitative estimate of drug-likeness (QED) is 0.321. The number of nitrogens with one attached hydrogen (secondary N) is 1. The molecule has 0 heterocycles. The number of rotatable bonds is 12. The van der Waals surface area contributed by atoms with Crippen molar-refractivity contribution >= 4 is 25.1 Å². The molecule has 0 radical (unpaired) electrons. The van der Waals surface area contributed by atoms with E-state index in [1.165, 1.54) is 6.11 Å². The van der Waals surface area contributed by atoms with E-state index in [1.807, 2.05) is 23.8 Å². The van der Waals surface area contributed by atoms with E-state index >= 15 is 0 Å². The first-order valence-corrected chi connectivity index (χ1v) is 7.99. The van der Waals surface area contributed by atoms with Crippen LogP contribution in [0.25, 0.3) is 0 Å². The van der Waals surface area contributed by atoms with Crippen LogP contribution in [0, 0.1) is 5.41 Å². The van der Waals surface area contributed by atoms with Gasteiger partial charge >= 0.3 is 139 Å². The summed E-state index contributed by atoms with van der Waals surface area (Å²) in [7, 11) is 4.34. The van der Waals surface area contributed by atoms with Crippen molar-refractivity contribution in [1.29, 1.82) is 5.41 Å². The molecule has 0 aromatic carbocycles. The Morgan fingerprint density at radius 3 is 2.48 bits per heavy atom. The summed E-state index contributed by atoms with van der Waals surface area (Å²) in [6.45, 7) is 4.98. The van der Waals surface area contributed by atoms with Gasteiger partial charge in [-0.05, 0) is 0 Å². The van der Waals surface area contributed by atoms with Gasteiger partial charge in [0, 0.05) is 0 Å². The molecule has 0 aliphatic heterocycles. The fraction of sp³-hybridized carbons (Fsp3) is 0.800. The summed E-state index contributed by atoms with van der Waals surface area (Å²) in [4.78, 5) is 19.1. The molecule has 0 aliphatic carbocycles. The summed E-state index contributed by atoms with van der Waals surface area (Å²) < 4.78 is 10.5. The van der Waals surface area contributed by atoms with Crippen LogP contribution in [0.1, 0.15) is 39.5 Å². The van der Waals surface area contributed by atoms with E-state index in [0.29, 0.717) is 32.4 Å². The summed E-state index contributed by atoms with van der Waals surface area (Å²) in [5, 5.41) is 16.7. The Kier molecular flexibility index (Phi) is 11.1. The van der Waals surface area contributed by atoms with Crippen molar-refractivity contribution < 1.29 is 14.6 Å². The molecule has 0 rings (SSSR count). The zero-order chi connectivity index (χ0) is 17.8. The Balaban J connectivity index is 4.44. The maximum absolute atomic E-state index is 11.2. The third-order valence-electron chi connectivity index (χ3n) is 3.98. The predicted octanol–water partition coefficient (Wildman–Crippen LogP) is 1.33. The van der Waals surface area contributed by atoms with Crippen LogP contribution in [0.2, 0.25) is 0 Å². The molecular weight excluding hydrogens is 295 g/mol. The molecule has 7 nitrogen and oxygen atoms in total. The molecule has 130 valence electrons. The molecule has 0 fully saturated rings. The number of likely N-dealkylation sites (N-methyl/N-ethyl adjacent to an activating group) is 1. The van der Waals surface area contributed by atoms with Crippen molar-refractivity contribution in [2.75, 3.05) is 27.2 Å². The van der Waals surface area contributed by atoms with Crippen molar-refractivity contribution in [3.63, 3.8) is 0 Å². The molecular formula is C15H29BN4O3. The molecule has 8 heteroatoms. The van der Waals surface area contributed by atoms with Crippen LogP contribution < -0.4 is 0 Å². The Labute approximate surface area is 139 Å². The van der Waals surface area contributed by atoms with Gasteiger partial charge in [0.25, 0.3) is 0 Å². The molecule has 0 spiro atoms. The van der Waals surface area contributed by atoms with E-state index in [9.17, 15) is 9.50 Å². The Morgan fingerprint density at radius 1 is 1.35 bits per heavy atom. The number of aliphatic imine (C=N–C) groups is 1. The second kappa shape index (κ2) is 11.9. The van der Waals surface area contributed by atoms with E-state index in [1.54, 1.807) is 14.0 Å². The second-order valence-corrected chi connectivity index (χ2v) is 5.77. The standard InChI is InChI=1S/C15H29BN4O3/c1-5-14(15(21)22)20(4)10-8-13(18-11-16-23)7-6-9-19(3)12(2)17/h11,13-14,17H,5-10H2,1-4H3,(H,21,22). The zero-order valence-corrected chi connectivity index (χ0v) is 14.7. The van der Waals surface area contributed by atoms with E-state index in [0.717, 1.165) is 19.4 Å². The SMILES string of the molecule is CCC(C(=O)O)N(C)CCC(CCCN(C)C(C)=N)N=CB=O. The number of amidine groups is 1. The zero-order valence-electron chi connectivity index (χ0n) is 14.7. The van der Waals surface area contributed by atoms with Crippen LogP contribution in [-0.4, -0.2) is 79.2 Å². The Hall–Kier alpha value is -1.57. The monoisotopic (exact) mass is 324 g/mol. The number of carboxylic acids is 1. The number of aliphatic carboxylic acids is 1. The average molecular weight is 324 g/mol. The van der Waals surface area contributed by atoms with Crippen molar-refractivity contribution in [1.82, 2.24) is 9.80 Å². The Bertz CT molecular complexity index is 418. The topological polar surface area (TPSA) is 97.1 Å². The third-order valence-corrected chi connectivity index (χ3v) is 3.98. The fourth-order valence-corrected chi connectivity index (χ4v) is 2.37. The number of nitrogens with zero attached hydrogens (tertiary/aromatic N) is 3.